The number of benzene rings is 2. The van der Waals surface area contributed by atoms with Crippen LogP contribution in [0.4, 0.5) is 5.69 Å². The van der Waals surface area contributed by atoms with Crippen LogP contribution in [-0.2, 0) is 17.8 Å². The number of carbonyl (C=O) groups excluding carboxylic acids is 1. The van der Waals surface area contributed by atoms with Crippen molar-refractivity contribution in [3.63, 3.8) is 0 Å². The Bertz CT molecular complexity index is 1070. The number of hydrogen-bond acceptors (Lipinski definition) is 5. The standard InChI is InChI=1S/C24H23N3O2S/c1-17-9-11-19(12-10-17)26-22(28)14-23-27-20(16-30-23)15-25-24(21-8-5-13-29-21)18-6-3-2-4-7-18/h2-13,16,24-25H,14-15H2,1H3,(H,26,28)/t24-/m0/s1. The predicted octanol–water partition coefficient (Wildman–Crippen LogP) is 5.10. The van der Waals surface area contributed by atoms with Gasteiger partial charge in [-0.05, 0) is 36.8 Å². The van der Waals surface area contributed by atoms with Gasteiger partial charge in [0, 0.05) is 17.6 Å². The zero-order chi connectivity index (χ0) is 20.8. The van der Waals surface area contributed by atoms with Crippen LogP contribution in [0, 0.1) is 6.92 Å². The topological polar surface area (TPSA) is 67.2 Å². The molecule has 0 aliphatic heterocycles. The summed E-state index contributed by atoms with van der Waals surface area (Å²) in [5, 5.41) is 9.22. The molecule has 0 aliphatic rings. The average molecular weight is 418 g/mol. The van der Waals surface area contributed by atoms with Gasteiger partial charge in [-0.15, -0.1) is 11.3 Å². The molecule has 2 N–H and O–H groups in total. The Kier molecular flexibility index (Phi) is 6.37. The second kappa shape index (κ2) is 9.52. The van der Waals surface area contributed by atoms with E-state index >= 15 is 0 Å². The van der Waals surface area contributed by atoms with Crippen LogP contribution in [-0.4, -0.2) is 10.9 Å². The summed E-state index contributed by atoms with van der Waals surface area (Å²) in [6.07, 6.45) is 1.94. The molecule has 0 saturated carbocycles. The number of hydrogen-bond donors (Lipinski definition) is 2. The SMILES string of the molecule is Cc1ccc(NC(=O)Cc2nc(CN[C@@H](c3ccccc3)c3ccco3)cs2)cc1. The molecule has 0 saturated heterocycles. The summed E-state index contributed by atoms with van der Waals surface area (Å²) in [4.78, 5) is 16.9. The first-order chi connectivity index (χ1) is 14.7. The lowest BCUT2D eigenvalue weighted by molar-refractivity contribution is -0.115. The van der Waals surface area contributed by atoms with Gasteiger partial charge < -0.3 is 9.73 Å². The van der Waals surface area contributed by atoms with E-state index in [4.69, 9.17) is 4.42 Å². The van der Waals surface area contributed by atoms with E-state index in [1.165, 1.54) is 11.3 Å². The van der Waals surface area contributed by atoms with Gasteiger partial charge in [-0.3, -0.25) is 10.1 Å². The second-order valence-electron chi connectivity index (χ2n) is 7.06. The first kappa shape index (κ1) is 20.1. The number of furan rings is 1. The number of aromatic nitrogens is 1. The molecular weight excluding hydrogens is 394 g/mol. The van der Waals surface area contributed by atoms with Crippen LogP contribution in [0.3, 0.4) is 0 Å². The Hall–Kier alpha value is -3.22. The number of carbonyl (C=O) groups is 1. The molecule has 0 unspecified atom stereocenters. The van der Waals surface area contributed by atoms with E-state index in [0.29, 0.717) is 6.54 Å². The molecule has 4 aromatic rings. The first-order valence-corrected chi connectivity index (χ1v) is 10.7. The van der Waals surface area contributed by atoms with Crippen molar-refractivity contribution in [2.24, 2.45) is 0 Å². The Labute approximate surface area is 179 Å². The number of amides is 1. The van der Waals surface area contributed by atoms with Crippen LogP contribution < -0.4 is 10.6 Å². The lowest BCUT2D eigenvalue weighted by Gasteiger charge is -2.16. The molecule has 5 nitrogen and oxygen atoms in total. The molecule has 152 valence electrons. The highest BCUT2D eigenvalue weighted by molar-refractivity contribution is 7.09. The number of nitrogens with zero attached hydrogens (tertiary/aromatic N) is 1. The fourth-order valence-corrected chi connectivity index (χ4v) is 3.97. The summed E-state index contributed by atoms with van der Waals surface area (Å²) >= 11 is 1.50. The maximum Gasteiger partial charge on any atom is 0.231 e. The van der Waals surface area contributed by atoms with Gasteiger partial charge in [-0.1, -0.05) is 48.0 Å². The van der Waals surface area contributed by atoms with Crippen molar-refractivity contribution in [1.29, 1.82) is 0 Å². The third-order valence-corrected chi connectivity index (χ3v) is 5.59. The molecule has 1 amide bonds. The van der Waals surface area contributed by atoms with E-state index in [2.05, 4.69) is 27.8 Å². The van der Waals surface area contributed by atoms with Crippen molar-refractivity contribution < 1.29 is 9.21 Å². The third kappa shape index (κ3) is 5.23. The molecule has 2 aromatic carbocycles. The fraction of sp³-hybridized carbons (Fsp3) is 0.167. The van der Waals surface area contributed by atoms with Crippen molar-refractivity contribution in [1.82, 2.24) is 10.3 Å². The first-order valence-electron chi connectivity index (χ1n) is 9.79. The number of aryl methyl sites for hydroxylation is 1. The van der Waals surface area contributed by atoms with Gasteiger partial charge in [-0.25, -0.2) is 4.98 Å². The lowest BCUT2D eigenvalue weighted by atomic mass is 10.0. The van der Waals surface area contributed by atoms with Gasteiger partial charge in [-0.2, -0.15) is 0 Å². The van der Waals surface area contributed by atoms with Crippen molar-refractivity contribution in [2.75, 3.05) is 5.32 Å². The smallest absolute Gasteiger partial charge is 0.231 e. The third-order valence-electron chi connectivity index (χ3n) is 4.69. The summed E-state index contributed by atoms with van der Waals surface area (Å²) in [5.41, 5.74) is 3.99. The molecular formula is C24H23N3O2S. The molecule has 2 aromatic heterocycles. The molecule has 4 rings (SSSR count). The molecule has 0 spiro atoms. The molecule has 1 atom stereocenters. The van der Waals surface area contributed by atoms with Gasteiger partial charge in [0.05, 0.1) is 24.4 Å². The largest absolute Gasteiger partial charge is 0.467 e. The highest BCUT2D eigenvalue weighted by Gasteiger charge is 2.17. The van der Waals surface area contributed by atoms with Crippen LogP contribution in [0.2, 0.25) is 0 Å². The maximum absolute atomic E-state index is 12.3. The van der Waals surface area contributed by atoms with E-state index in [-0.39, 0.29) is 18.4 Å². The van der Waals surface area contributed by atoms with Gasteiger partial charge in [0.1, 0.15) is 10.8 Å². The second-order valence-corrected chi connectivity index (χ2v) is 8.01. The molecule has 0 aliphatic carbocycles. The lowest BCUT2D eigenvalue weighted by Crippen LogP contribution is -2.22. The molecule has 0 fully saturated rings. The van der Waals surface area contributed by atoms with Crippen LogP contribution in [0.1, 0.15) is 33.6 Å². The summed E-state index contributed by atoms with van der Waals surface area (Å²) in [6, 6.07) is 21.7. The van der Waals surface area contributed by atoms with Crippen LogP contribution in [0.25, 0.3) is 0 Å². The van der Waals surface area contributed by atoms with Gasteiger partial charge in [0.2, 0.25) is 5.91 Å². The van der Waals surface area contributed by atoms with E-state index in [0.717, 1.165) is 33.3 Å². The van der Waals surface area contributed by atoms with Crippen LogP contribution in [0.15, 0.2) is 82.8 Å². The molecule has 6 heteroatoms. The van der Waals surface area contributed by atoms with E-state index < -0.39 is 0 Å². The number of nitrogens with one attached hydrogen (secondary N) is 2. The zero-order valence-electron chi connectivity index (χ0n) is 16.7. The Morgan fingerprint density at radius 3 is 2.60 bits per heavy atom. The predicted molar refractivity (Wildman–Crippen MR) is 119 cm³/mol. The fourth-order valence-electron chi connectivity index (χ4n) is 3.18. The minimum absolute atomic E-state index is 0.0591. The highest BCUT2D eigenvalue weighted by atomic mass is 32.1. The zero-order valence-corrected chi connectivity index (χ0v) is 17.5. The number of rotatable bonds is 8. The number of thiazole rings is 1. The van der Waals surface area contributed by atoms with E-state index in [9.17, 15) is 4.79 Å². The van der Waals surface area contributed by atoms with Crippen molar-refractivity contribution in [3.05, 3.63) is 106 Å². The summed E-state index contributed by atoms with van der Waals surface area (Å²) in [5.74, 6) is 0.791. The van der Waals surface area contributed by atoms with Crippen LogP contribution in [0.5, 0.6) is 0 Å². The van der Waals surface area contributed by atoms with Gasteiger partial charge in [0.25, 0.3) is 0 Å². The monoisotopic (exact) mass is 417 g/mol. The molecule has 2 heterocycles. The Morgan fingerprint density at radius 1 is 1.07 bits per heavy atom. The summed E-state index contributed by atoms with van der Waals surface area (Å²) in [7, 11) is 0. The van der Waals surface area contributed by atoms with Crippen molar-refractivity contribution >= 4 is 22.9 Å². The van der Waals surface area contributed by atoms with Gasteiger partial charge >= 0.3 is 0 Å². The van der Waals surface area contributed by atoms with E-state index in [1.54, 1.807) is 6.26 Å². The highest BCUT2D eigenvalue weighted by Crippen LogP contribution is 2.23. The quantitative estimate of drug-likeness (QED) is 0.418. The Balaban J connectivity index is 1.36. The molecule has 30 heavy (non-hydrogen) atoms. The average Bonchev–Trinajstić information content (AvgIpc) is 3.43. The number of anilines is 1. The van der Waals surface area contributed by atoms with Crippen molar-refractivity contribution in [2.45, 2.75) is 25.9 Å². The minimum atomic E-state index is -0.0644. The van der Waals surface area contributed by atoms with Crippen LogP contribution >= 0.6 is 11.3 Å². The molecule has 0 bridgehead atoms. The van der Waals surface area contributed by atoms with Gasteiger partial charge in [0.15, 0.2) is 0 Å². The summed E-state index contributed by atoms with van der Waals surface area (Å²) < 4.78 is 5.63. The maximum atomic E-state index is 12.3. The van der Waals surface area contributed by atoms with Crippen molar-refractivity contribution in [3.8, 4) is 0 Å². The minimum Gasteiger partial charge on any atom is -0.467 e. The van der Waals surface area contributed by atoms with E-state index in [1.807, 2.05) is 66.9 Å². The normalized spacial score (nSPS) is 11.9. The summed E-state index contributed by atoms with van der Waals surface area (Å²) in [6.45, 7) is 2.60. The molecule has 0 radical (unpaired) electrons. The Morgan fingerprint density at radius 2 is 1.87 bits per heavy atom.